The number of nitrogens with one attached hydrogen (secondary N) is 1. The Bertz CT molecular complexity index is 831. The lowest BCUT2D eigenvalue weighted by molar-refractivity contribution is 0.0954. The van der Waals surface area contributed by atoms with Crippen molar-refractivity contribution in [1.82, 2.24) is 10.3 Å². The summed E-state index contributed by atoms with van der Waals surface area (Å²) in [6.07, 6.45) is 4.05. The summed E-state index contributed by atoms with van der Waals surface area (Å²) >= 11 is 0. The second-order valence-corrected chi connectivity index (χ2v) is 5.80. The second kappa shape index (κ2) is 8.78. The molecule has 2 N–H and O–H groups in total. The van der Waals surface area contributed by atoms with Gasteiger partial charge in [0.15, 0.2) is 0 Å². The van der Waals surface area contributed by atoms with Crippen LogP contribution in [0.4, 0.5) is 0 Å². The molecular formula is C21H20N2O3. The summed E-state index contributed by atoms with van der Waals surface area (Å²) in [6, 6.07) is 18.3. The van der Waals surface area contributed by atoms with E-state index in [0.717, 1.165) is 17.5 Å². The third kappa shape index (κ3) is 4.91. The molecule has 1 heterocycles. The quantitative estimate of drug-likeness (QED) is 0.687. The summed E-state index contributed by atoms with van der Waals surface area (Å²) in [5, 5.41) is 11.9. The molecule has 0 saturated carbocycles. The SMILES string of the molecule is O=C(NCCc1ccc(CO)cc1)c1ccc(Oc2cccnc2)cc1. The molecule has 0 radical (unpaired) electrons. The highest BCUT2D eigenvalue weighted by atomic mass is 16.5. The Labute approximate surface area is 152 Å². The number of hydrogen-bond donors (Lipinski definition) is 2. The Morgan fingerprint density at radius 3 is 2.35 bits per heavy atom. The van der Waals surface area contributed by atoms with Gasteiger partial charge in [-0.25, -0.2) is 0 Å². The fraction of sp³-hybridized carbons (Fsp3) is 0.143. The first-order valence-corrected chi connectivity index (χ1v) is 8.39. The highest BCUT2D eigenvalue weighted by Crippen LogP contribution is 2.20. The number of amides is 1. The lowest BCUT2D eigenvalue weighted by Gasteiger charge is -2.08. The standard InChI is InChI=1S/C21H20N2O3/c24-15-17-5-3-16(4-6-17)11-13-23-21(25)18-7-9-19(10-8-18)26-20-2-1-12-22-14-20/h1-10,12,14,24H,11,13,15H2,(H,23,25). The lowest BCUT2D eigenvalue weighted by atomic mass is 10.1. The van der Waals surface area contributed by atoms with Crippen molar-refractivity contribution in [2.24, 2.45) is 0 Å². The summed E-state index contributed by atoms with van der Waals surface area (Å²) in [5.41, 5.74) is 2.58. The van der Waals surface area contributed by atoms with Gasteiger partial charge in [-0.2, -0.15) is 0 Å². The summed E-state index contributed by atoms with van der Waals surface area (Å²) in [4.78, 5) is 16.2. The third-order valence-electron chi connectivity index (χ3n) is 3.89. The third-order valence-corrected chi connectivity index (χ3v) is 3.89. The molecule has 0 spiro atoms. The fourth-order valence-corrected chi connectivity index (χ4v) is 2.45. The number of rotatable bonds is 7. The van der Waals surface area contributed by atoms with Gasteiger partial charge in [0.2, 0.25) is 0 Å². The van der Waals surface area contributed by atoms with Gasteiger partial charge < -0.3 is 15.2 Å². The van der Waals surface area contributed by atoms with E-state index in [9.17, 15) is 4.79 Å². The van der Waals surface area contributed by atoms with Gasteiger partial charge >= 0.3 is 0 Å². The number of aromatic nitrogens is 1. The van der Waals surface area contributed by atoms with Crippen molar-refractivity contribution in [3.63, 3.8) is 0 Å². The second-order valence-electron chi connectivity index (χ2n) is 5.80. The summed E-state index contributed by atoms with van der Waals surface area (Å²) in [7, 11) is 0. The molecule has 26 heavy (non-hydrogen) atoms. The zero-order valence-electron chi connectivity index (χ0n) is 14.3. The first kappa shape index (κ1) is 17.6. The van der Waals surface area contributed by atoms with E-state index in [4.69, 9.17) is 9.84 Å². The number of pyridine rings is 1. The molecule has 2 aromatic carbocycles. The van der Waals surface area contributed by atoms with E-state index in [1.54, 1.807) is 42.7 Å². The molecule has 1 aromatic heterocycles. The Balaban J connectivity index is 1.49. The Hall–Kier alpha value is -3.18. The normalized spacial score (nSPS) is 10.3. The van der Waals surface area contributed by atoms with Crippen LogP contribution in [0.2, 0.25) is 0 Å². The predicted molar refractivity (Wildman–Crippen MR) is 99.2 cm³/mol. The average molecular weight is 348 g/mol. The number of carbonyl (C=O) groups is 1. The van der Waals surface area contributed by atoms with Crippen LogP contribution in [0.5, 0.6) is 11.5 Å². The van der Waals surface area contributed by atoms with Crippen LogP contribution in [0.15, 0.2) is 73.1 Å². The minimum atomic E-state index is -0.120. The Morgan fingerprint density at radius 1 is 0.962 bits per heavy atom. The average Bonchev–Trinajstić information content (AvgIpc) is 2.70. The van der Waals surface area contributed by atoms with Crippen LogP contribution in [-0.2, 0) is 13.0 Å². The van der Waals surface area contributed by atoms with Crippen LogP contribution in [0, 0.1) is 0 Å². The van der Waals surface area contributed by atoms with Crippen molar-refractivity contribution in [2.75, 3.05) is 6.54 Å². The molecule has 5 nitrogen and oxygen atoms in total. The van der Waals surface area contributed by atoms with Crippen molar-refractivity contribution in [3.05, 3.63) is 89.7 Å². The van der Waals surface area contributed by atoms with Gasteiger partial charge in [0.25, 0.3) is 5.91 Å². The molecule has 0 atom stereocenters. The highest BCUT2D eigenvalue weighted by Gasteiger charge is 2.06. The summed E-state index contributed by atoms with van der Waals surface area (Å²) in [5.74, 6) is 1.18. The first-order valence-electron chi connectivity index (χ1n) is 8.39. The minimum Gasteiger partial charge on any atom is -0.456 e. The van der Waals surface area contributed by atoms with Crippen LogP contribution in [0.25, 0.3) is 0 Å². The van der Waals surface area contributed by atoms with Crippen LogP contribution >= 0.6 is 0 Å². The van der Waals surface area contributed by atoms with Crippen LogP contribution in [0.3, 0.4) is 0 Å². The van der Waals surface area contributed by atoms with Crippen molar-refractivity contribution < 1.29 is 14.6 Å². The van der Waals surface area contributed by atoms with Gasteiger partial charge in [-0.05, 0) is 53.9 Å². The number of carbonyl (C=O) groups excluding carboxylic acids is 1. The Kier molecular flexibility index (Phi) is 5.96. The Morgan fingerprint density at radius 2 is 1.69 bits per heavy atom. The number of ether oxygens (including phenoxy) is 1. The molecule has 0 saturated heterocycles. The molecule has 0 unspecified atom stereocenters. The van der Waals surface area contributed by atoms with E-state index >= 15 is 0 Å². The van der Waals surface area contributed by atoms with Crippen molar-refractivity contribution in [2.45, 2.75) is 13.0 Å². The zero-order chi connectivity index (χ0) is 18.2. The molecule has 0 aliphatic heterocycles. The molecule has 0 fully saturated rings. The number of hydrogen-bond acceptors (Lipinski definition) is 4. The molecule has 5 heteroatoms. The van der Waals surface area contributed by atoms with Crippen molar-refractivity contribution in [3.8, 4) is 11.5 Å². The van der Waals surface area contributed by atoms with Crippen molar-refractivity contribution >= 4 is 5.91 Å². The van der Waals surface area contributed by atoms with Crippen LogP contribution < -0.4 is 10.1 Å². The molecule has 3 aromatic rings. The molecule has 0 bridgehead atoms. The van der Waals surface area contributed by atoms with Gasteiger partial charge in [0, 0.05) is 18.3 Å². The van der Waals surface area contributed by atoms with Crippen molar-refractivity contribution in [1.29, 1.82) is 0 Å². The number of aliphatic hydroxyl groups excluding tert-OH is 1. The van der Waals surface area contributed by atoms with Gasteiger partial charge in [0.05, 0.1) is 12.8 Å². The van der Waals surface area contributed by atoms with Gasteiger partial charge in [-0.1, -0.05) is 24.3 Å². The number of nitrogens with zero attached hydrogens (tertiary/aromatic N) is 1. The zero-order valence-corrected chi connectivity index (χ0v) is 14.3. The number of aliphatic hydroxyl groups is 1. The monoisotopic (exact) mass is 348 g/mol. The van der Waals surface area contributed by atoms with Crippen LogP contribution in [0.1, 0.15) is 21.5 Å². The molecule has 0 aliphatic rings. The van der Waals surface area contributed by atoms with E-state index in [2.05, 4.69) is 10.3 Å². The van der Waals surface area contributed by atoms with Gasteiger partial charge in [-0.15, -0.1) is 0 Å². The highest BCUT2D eigenvalue weighted by molar-refractivity contribution is 5.94. The van der Waals surface area contributed by atoms with E-state index in [1.807, 2.05) is 30.3 Å². The lowest BCUT2D eigenvalue weighted by Crippen LogP contribution is -2.25. The summed E-state index contributed by atoms with van der Waals surface area (Å²) in [6.45, 7) is 0.586. The molecule has 132 valence electrons. The maximum Gasteiger partial charge on any atom is 0.251 e. The molecule has 0 aliphatic carbocycles. The van der Waals surface area contributed by atoms with E-state index in [1.165, 1.54) is 0 Å². The molecule has 1 amide bonds. The maximum absolute atomic E-state index is 12.2. The topological polar surface area (TPSA) is 71.5 Å². The molecular weight excluding hydrogens is 328 g/mol. The van der Waals surface area contributed by atoms with Gasteiger partial charge in [0.1, 0.15) is 11.5 Å². The largest absolute Gasteiger partial charge is 0.456 e. The smallest absolute Gasteiger partial charge is 0.251 e. The van der Waals surface area contributed by atoms with Crippen LogP contribution in [-0.4, -0.2) is 22.5 Å². The van der Waals surface area contributed by atoms with Gasteiger partial charge in [-0.3, -0.25) is 9.78 Å². The van der Waals surface area contributed by atoms with E-state index in [0.29, 0.717) is 23.6 Å². The first-order chi connectivity index (χ1) is 12.7. The number of benzene rings is 2. The fourth-order valence-electron chi connectivity index (χ4n) is 2.45. The molecule has 3 rings (SSSR count). The maximum atomic E-state index is 12.2. The van der Waals surface area contributed by atoms with E-state index in [-0.39, 0.29) is 12.5 Å². The minimum absolute atomic E-state index is 0.0392. The summed E-state index contributed by atoms with van der Waals surface area (Å²) < 4.78 is 5.66. The van der Waals surface area contributed by atoms with E-state index < -0.39 is 0 Å². The predicted octanol–water partition coefficient (Wildman–Crippen LogP) is 3.34.